The summed E-state index contributed by atoms with van der Waals surface area (Å²) in [6.07, 6.45) is 3.30. The van der Waals surface area contributed by atoms with Gasteiger partial charge in [0.1, 0.15) is 0 Å². The summed E-state index contributed by atoms with van der Waals surface area (Å²) >= 11 is 4.96. The van der Waals surface area contributed by atoms with Gasteiger partial charge in [-0.2, -0.15) is 0 Å². The topological polar surface area (TPSA) is 86.9 Å². The van der Waals surface area contributed by atoms with Crippen molar-refractivity contribution in [3.63, 3.8) is 0 Å². The Balaban J connectivity index is 1.63. The Labute approximate surface area is 190 Å². The molecule has 3 rings (SSSR count). The first-order chi connectivity index (χ1) is 14.6. The van der Waals surface area contributed by atoms with Crippen LogP contribution in [0.5, 0.6) is 0 Å². The number of carboxylic acid groups (broad SMARTS) is 1. The van der Waals surface area contributed by atoms with E-state index in [2.05, 4.69) is 49.9 Å². The van der Waals surface area contributed by atoms with E-state index in [1.54, 1.807) is 0 Å². The maximum atomic E-state index is 13.0. The number of nitrogens with zero attached hydrogens (tertiary/aromatic N) is 2. The predicted octanol–water partition coefficient (Wildman–Crippen LogP) is 4.31. The number of carbonyl (C=O) groups is 2. The number of amides is 2. The van der Waals surface area contributed by atoms with Gasteiger partial charge in [-0.25, -0.2) is 9.69 Å². The standard InChI is InChI=1S/C24H35N3O3S/c1-24(2,3)21-19(12-15-27(22(21)28)23(29)30)17-10-13-26(14-11-17)18-7-4-16(5-8-18)6-9-20(25)31/h4-5,7-8,17,19,21H,6,9-15H2,1-3H3,(H2,25,31)(H,29,30). The molecule has 1 aromatic carbocycles. The predicted molar refractivity (Wildman–Crippen MR) is 127 cm³/mol. The van der Waals surface area contributed by atoms with Crippen LogP contribution in [0.4, 0.5) is 10.5 Å². The number of carbonyl (C=O) groups excluding carboxylic acids is 1. The van der Waals surface area contributed by atoms with Crippen LogP contribution in [0.25, 0.3) is 0 Å². The second-order valence-corrected chi connectivity index (χ2v) is 10.6. The second kappa shape index (κ2) is 9.55. The van der Waals surface area contributed by atoms with E-state index >= 15 is 0 Å². The highest BCUT2D eigenvalue weighted by Crippen LogP contribution is 2.45. The molecule has 31 heavy (non-hydrogen) atoms. The van der Waals surface area contributed by atoms with Crippen LogP contribution in [0.1, 0.15) is 52.0 Å². The van der Waals surface area contributed by atoms with Gasteiger partial charge in [-0.1, -0.05) is 45.1 Å². The lowest BCUT2D eigenvalue weighted by Gasteiger charge is -2.47. The highest BCUT2D eigenvalue weighted by atomic mass is 32.1. The summed E-state index contributed by atoms with van der Waals surface area (Å²) in [5.41, 5.74) is 7.81. The van der Waals surface area contributed by atoms with Gasteiger partial charge in [-0.15, -0.1) is 0 Å². The number of hydrogen-bond acceptors (Lipinski definition) is 4. The van der Waals surface area contributed by atoms with Crippen molar-refractivity contribution in [3.05, 3.63) is 29.8 Å². The Kier molecular flexibility index (Phi) is 7.24. The molecule has 0 spiro atoms. The van der Waals surface area contributed by atoms with Crippen molar-refractivity contribution in [2.45, 2.75) is 52.9 Å². The van der Waals surface area contributed by atoms with Gasteiger partial charge in [-0.3, -0.25) is 4.79 Å². The van der Waals surface area contributed by atoms with Gasteiger partial charge in [-0.05, 0) is 60.6 Å². The molecule has 6 nitrogen and oxygen atoms in total. The molecule has 0 saturated carbocycles. The van der Waals surface area contributed by atoms with E-state index in [0.717, 1.165) is 50.1 Å². The summed E-state index contributed by atoms with van der Waals surface area (Å²) in [6, 6.07) is 8.63. The number of aryl methyl sites for hydroxylation is 1. The van der Waals surface area contributed by atoms with Gasteiger partial charge in [0.15, 0.2) is 0 Å². The zero-order valence-electron chi connectivity index (χ0n) is 18.8. The first kappa shape index (κ1) is 23.5. The first-order valence-corrected chi connectivity index (χ1v) is 11.6. The number of benzene rings is 1. The van der Waals surface area contributed by atoms with E-state index in [9.17, 15) is 14.7 Å². The Morgan fingerprint density at radius 3 is 2.26 bits per heavy atom. The molecule has 0 radical (unpaired) electrons. The number of rotatable bonds is 5. The van der Waals surface area contributed by atoms with Crippen LogP contribution in [0, 0.1) is 23.2 Å². The molecule has 2 amide bonds. The molecule has 170 valence electrons. The van der Waals surface area contributed by atoms with Gasteiger partial charge in [0.2, 0.25) is 5.91 Å². The Hall–Kier alpha value is -2.15. The van der Waals surface area contributed by atoms with Gasteiger partial charge in [0.25, 0.3) is 0 Å². The monoisotopic (exact) mass is 445 g/mol. The quantitative estimate of drug-likeness (QED) is 0.657. The number of likely N-dealkylation sites (tertiary alicyclic amines) is 1. The number of anilines is 1. The third kappa shape index (κ3) is 5.56. The molecule has 2 saturated heterocycles. The zero-order valence-corrected chi connectivity index (χ0v) is 19.7. The van der Waals surface area contributed by atoms with Crippen LogP contribution in [0.15, 0.2) is 24.3 Å². The summed E-state index contributed by atoms with van der Waals surface area (Å²) in [4.78, 5) is 28.5. The van der Waals surface area contributed by atoms with Gasteiger partial charge >= 0.3 is 6.09 Å². The molecule has 2 unspecified atom stereocenters. The molecule has 2 aliphatic rings. The second-order valence-electron chi connectivity index (χ2n) is 10.0. The average Bonchev–Trinajstić information content (AvgIpc) is 2.71. The Morgan fingerprint density at radius 2 is 1.74 bits per heavy atom. The van der Waals surface area contributed by atoms with E-state index < -0.39 is 6.09 Å². The van der Waals surface area contributed by atoms with Crippen LogP contribution in [-0.2, 0) is 11.2 Å². The highest BCUT2D eigenvalue weighted by Gasteiger charge is 2.48. The summed E-state index contributed by atoms with van der Waals surface area (Å²) in [5.74, 6) is 0.228. The third-order valence-electron chi connectivity index (χ3n) is 6.92. The number of nitrogens with two attached hydrogens (primary N) is 1. The third-order valence-corrected chi connectivity index (χ3v) is 7.12. The molecule has 2 fully saturated rings. The fraction of sp³-hybridized carbons (Fsp3) is 0.625. The molecule has 2 atom stereocenters. The molecule has 3 N–H and O–H groups in total. The van der Waals surface area contributed by atoms with E-state index in [-0.39, 0.29) is 23.2 Å². The number of imide groups is 1. The van der Waals surface area contributed by atoms with E-state index in [1.165, 1.54) is 11.3 Å². The largest absolute Gasteiger partial charge is 0.465 e. The van der Waals surface area contributed by atoms with Crippen molar-refractivity contribution < 1.29 is 14.7 Å². The minimum atomic E-state index is -1.12. The van der Waals surface area contributed by atoms with Crippen molar-refractivity contribution >= 4 is 34.9 Å². The van der Waals surface area contributed by atoms with Crippen molar-refractivity contribution in [1.29, 1.82) is 0 Å². The lowest BCUT2D eigenvalue weighted by atomic mass is 9.63. The SMILES string of the molecule is CC(C)(C)C1C(=O)N(C(=O)O)CCC1C1CCN(c2ccc(CCC(N)=S)cc2)CC1. The molecule has 2 aliphatic heterocycles. The van der Waals surface area contributed by atoms with Crippen molar-refractivity contribution in [1.82, 2.24) is 4.90 Å². The Bertz CT molecular complexity index is 810. The molecule has 2 heterocycles. The maximum Gasteiger partial charge on any atom is 0.414 e. The van der Waals surface area contributed by atoms with Crippen LogP contribution >= 0.6 is 12.2 Å². The van der Waals surface area contributed by atoms with Gasteiger partial charge < -0.3 is 15.7 Å². The highest BCUT2D eigenvalue weighted by molar-refractivity contribution is 7.80. The van der Waals surface area contributed by atoms with E-state index in [1.807, 2.05) is 0 Å². The number of hydrogen-bond donors (Lipinski definition) is 2. The van der Waals surface area contributed by atoms with Crippen LogP contribution in [0.2, 0.25) is 0 Å². The molecular formula is C24H35N3O3S. The van der Waals surface area contributed by atoms with Gasteiger partial charge in [0.05, 0.1) is 4.99 Å². The van der Waals surface area contributed by atoms with Gasteiger partial charge in [0, 0.05) is 37.7 Å². The summed E-state index contributed by atoms with van der Waals surface area (Å²) in [7, 11) is 0. The fourth-order valence-corrected chi connectivity index (χ4v) is 5.45. The first-order valence-electron chi connectivity index (χ1n) is 11.2. The minimum Gasteiger partial charge on any atom is -0.465 e. The van der Waals surface area contributed by atoms with Crippen LogP contribution in [-0.4, -0.2) is 46.6 Å². The maximum absolute atomic E-state index is 13.0. The lowest BCUT2D eigenvalue weighted by molar-refractivity contribution is -0.145. The lowest BCUT2D eigenvalue weighted by Crippen LogP contribution is -2.54. The molecule has 7 heteroatoms. The van der Waals surface area contributed by atoms with Crippen molar-refractivity contribution in [2.75, 3.05) is 24.5 Å². The van der Waals surface area contributed by atoms with Crippen LogP contribution in [0.3, 0.4) is 0 Å². The van der Waals surface area contributed by atoms with E-state index in [0.29, 0.717) is 17.5 Å². The summed E-state index contributed by atoms with van der Waals surface area (Å²) in [6.45, 7) is 8.41. The minimum absolute atomic E-state index is 0.216. The zero-order chi connectivity index (χ0) is 22.8. The summed E-state index contributed by atoms with van der Waals surface area (Å²) in [5, 5.41) is 9.42. The molecular weight excluding hydrogens is 410 g/mol. The summed E-state index contributed by atoms with van der Waals surface area (Å²) < 4.78 is 0. The van der Waals surface area contributed by atoms with Crippen LogP contribution < -0.4 is 10.6 Å². The van der Waals surface area contributed by atoms with Crippen molar-refractivity contribution in [3.8, 4) is 0 Å². The Morgan fingerprint density at radius 1 is 1.13 bits per heavy atom. The molecule has 0 aliphatic carbocycles. The molecule has 0 bridgehead atoms. The molecule has 1 aromatic rings. The number of thiocarbonyl (C=S) groups is 1. The van der Waals surface area contributed by atoms with E-state index in [4.69, 9.17) is 18.0 Å². The smallest absolute Gasteiger partial charge is 0.414 e. The van der Waals surface area contributed by atoms with Crippen molar-refractivity contribution in [2.24, 2.45) is 28.9 Å². The fourth-order valence-electron chi connectivity index (χ4n) is 5.34. The average molecular weight is 446 g/mol. The number of piperidine rings is 2. The molecule has 0 aromatic heterocycles. The normalized spacial score (nSPS) is 23.1.